The first kappa shape index (κ1) is 33.6. The van der Waals surface area contributed by atoms with Gasteiger partial charge in [-0.15, -0.1) is 0 Å². The molecule has 0 aromatic heterocycles. The zero-order chi connectivity index (χ0) is 29.0. The molecule has 4 nitrogen and oxygen atoms in total. The number of phenolic OH excluding ortho intramolecular Hbond substituents is 2. The Hall–Kier alpha value is -2.62. The number of aryl methyl sites for hydroxylation is 2. The normalized spacial score (nSPS) is 12.3. The van der Waals surface area contributed by atoms with E-state index in [1.54, 1.807) is 12.1 Å². The molecule has 2 rings (SSSR count). The first-order valence-corrected chi connectivity index (χ1v) is 16.1. The first-order valence-electron chi connectivity index (χ1n) is 16.1. The van der Waals surface area contributed by atoms with Crippen LogP contribution in [0.25, 0.3) is 0 Å². The Morgan fingerprint density at radius 1 is 0.525 bits per heavy atom. The van der Waals surface area contributed by atoms with Crippen LogP contribution in [0.4, 0.5) is 0 Å². The maximum absolute atomic E-state index is 10.4. The maximum atomic E-state index is 10.4. The topological polar surface area (TPSA) is 65.2 Å². The minimum Gasteiger partial charge on any atom is -0.507 e. The van der Waals surface area contributed by atoms with Crippen molar-refractivity contribution < 1.29 is 10.2 Å². The van der Waals surface area contributed by atoms with Gasteiger partial charge in [0, 0.05) is 22.6 Å². The molecule has 0 atom stereocenters. The number of benzene rings is 2. The highest BCUT2D eigenvalue weighted by atomic mass is 16.3. The molecule has 0 heterocycles. The molecule has 0 aliphatic rings. The maximum Gasteiger partial charge on any atom is 0.124 e. The van der Waals surface area contributed by atoms with Crippen LogP contribution in [-0.4, -0.2) is 34.7 Å². The summed E-state index contributed by atoms with van der Waals surface area (Å²) in [5.41, 5.74) is 5.83. The van der Waals surface area contributed by atoms with Crippen LogP contribution >= 0.6 is 0 Å². The van der Waals surface area contributed by atoms with Crippen LogP contribution in [0.3, 0.4) is 0 Å². The third-order valence-corrected chi connectivity index (χ3v) is 7.84. The number of nitrogens with zero attached hydrogens (tertiary/aromatic N) is 2. The predicted octanol–water partition coefficient (Wildman–Crippen LogP) is 10.0. The van der Waals surface area contributed by atoms with Crippen LogP contribution in [0.15, 0.2) is 46.4 Å². The van der Waals surface area contributed by atoms with Crippen LogP contribution in [0.1, 0.15) is 140 Å². The van der Waals surface area contributed by atoms with E-state index in [1.165, 1.54) is 101 Å². The Labute approximate surface area is 245 Å². The molecule has 0 radical (unpaired) electrons. The molecule has 0 bridgehead atoms. The monoisotopic (exact) mass is 548 g/mol. The first-order chi connectivity index (χ1) is 19.5. The van der Waals surface area contributed by atoms with E-state index in [-0.39, 0.29) is 11.5 Å². The minimum absolute atomic E-state index is 0.284. The van der Waals surface area contributed by atoms with Gasteiger partial charge in [-0.05, 0) is 74.9 Å². The lowest BCUT2D eigenvalue weighted by Gasteiger charge is -2.09. The average Bonchev–Trinajstić information content (AvgIpc) is 2.95. The molecule has 0 spiro atoms. The minimum atomic E-state index is 0.284. The average molecular weight is 549 g/mol. The summed E-state index contributed by atoms with van der Waals surface area (Å²) in [5.74, 6) is 0.568. The molecule has 0 unspecified atom stereocenters. The molecule has 2 aromatic carbocycles. The summed E-state index contributed by atoms with van der Waals surface area (Å²) in [4.78, 5) is 9.41. The van der Waals surface area contributed by atoms with Crippen LogP contribution < -0.4 is 0 Å². The summed E-state index contributed by atoms with van der Waals surface area (Å²) < 4.78 is 0. The highest BCUT2D eigenvalue weighted by molar-refractivity contribution is 6.02. The van der Waals surface area contributed by atoms with Gasteiger partial charge < -0.3 is 10.2 Å². The number of rotatable bonds is 21. The van der Waals surface area contributed by atoms with Gasteiger partial charge in [0.1, 0.15) is 11.5 Å². The Bertz CT molecular complexity index is 958. The quantitative estimate of drug-likeness (QED) is 0.120. The summed E-state index contributed by atoms with van der Waals surface area (Å²) in [5, 5.41) is 20.9. The highest BCUT2D eigenvalue weighted by Gasteiger charge is 2.08. The van der Waals surface area contributed by atoms with Crippen molar-refractivity contribution in [3.05, 3.63) is 58.7 Å². The third kappa shape index (κ3) is 13.2. The molecule has 2 aromatic rings. The van der Waals surface area contributed by atoms with Crippen molar-refractivity contribution in [1.82, 2.24) is 0 Å². The van der Waals surface area contributed by atoms with Crippen molar-refractivity contribution in [2.45, 2.75) is 130 Å². The number of phenols is 2. The van der Waals surface area contributed by atoms with Gasteiger partial charge in [0.05, 0.1) is 13.1 Å². The van der Waals surface area contributed by atoms with Crippen LogP contribution in [0.2, 0.25) is 0 Å². The fourth-order valence-corrected chi connectivity index (χ4v) is 5.24. The summed E-state index contributed by atoms with van der Waals surface area (Å²) in [7, 11) is 0. The van der Waals surface area contributed by atoms with E-state index in [4.69, 9.17) is 9.98 Å². The lowest BCUT2D eigenvalue weighted by atomic mass is 10.0. The number of aliphatic imine (C=N–C) groups is 2. The lowest BCUT2D eigenvalue weighted by Crippen LogP contribution is -2.03. The van der Waals surface area contributed by atoms with Crippen molar-refractivity contribution in [2.24, 2.45) is 9.98 Å². The lowest BCUT2D eigenvalue weighted by molar-refractivity contribution is 0.473. The number of unbranched alkanes of at least 4 members (excludes halogenated alkanes) is 12. The second-order valence-corrected chi connectivity index (χ2v) is 11.4. The van der Waals surface area contributed by atoms with E-state index in [0.29, 0.717) is 13.1 Å². The van der Waals surface area contributed by atoms with Crippen LogP contribution in [0, 0.1) is 0 Å². The van der Waals surface area contributed by atoms with E-state index in [0.717, 1.165) is 35.4 Å². The zero-order valence-electron chi connectivity index (χ0n) is 26.0. The van der Waals surface area contributed by atoms with Gasteiger partial charge >= 0.3 is 0 Å². The highest BCUT2D eigenvalue weighted by Crippen LogP contribution is 2.23. The molecule has 0 aliphatic carbocycles. The molecule has 2 N–H and O–H groups in total. The standard InChI is InChI=1S/C36H56N2O2/c1-5-7-9-11-13-15-17-19-31-21-23-35(39)33(27-31)29(3)37-25-26-38-30(4)34-28-32(22-24-36(34)40)20-18-16-14-12-10-8-6-2/h21-24,27-28,39-40H,5-20,25-26H2,1-4H3/b37-29-,38-30-. The van der Waals surface area contributed by atoms with Gasteiger partial charge in [-0.1, -0.05) is 103 Å². The summed E-state index contributed by atoms with van der Waals surface area (Å²) in [6, 6.07) is 11.9. The van der Waals surface area contributed by atoms with Gasteiger partial charge in [0.2, 0.25) is 0 Å². The SMILES string of the molecule is CCCCCCCCCc1ccc(O)c(/C(C)=N\CC/N=C(/C)c2cc(CCCCCCCCC)ccc2O)c1. The van der Waals surface area contributed by atoms with Gasteiger partial charge in [0.15, 0.2) is 0 Å². The third-order valence-electron chi connectivity index (χ3n) is 7.84. The van der Waals surface area contributed by atoms with E-state index < -0.39 is 0 Å². The van der Waals surface area contributed by atoms with Gasteiger partial charge in [-0.2, -0.15) is 0 Å². The molecule has 0 amide bonds. The predicted molar refractivity (Wildman–Crippen MR) is 174 cm³/mol. The Balaban J connectivity index is 1.84. The largest absolute Gasteiger partial charge is 0.507 e. The summed E-state index contributed by atoms with van der Waals surface area (Å²) in [6.07, 6.45) is 20.3. The van der Waals surface area contributed by atoms with Crippen molar-refractivity contribution in [3.8, 4) is 11.5 Å². The molecule has 0 fully saturated rings. The fraction of sp³-hybridized carbons (Fsp3) is 0.611. The van der Waals surface area contributed by atoms with E-state index in [9.17, 15) is 10.2 Å². The summed E-state index contributed by atoms with van der Waals surface area (Å²) in [6.45, 7) is 9.52. The number of hydrogen-bond acceptors (Lipinski definition) is 4. The molecule has 40 heavy (non-hydrogen) atoms. The summed E-state index contributed by atoms with van der Waals surface area (Å²) >= 11 is 0. The van der Waals surface area contributed by atoms with Gasteiger partial charge in [0.25, 0.3) is 0 Å². The van der Waals surface area contributed by atoms with Gasteiger partial charge in [-0.25, -0.2) is 0 Å². The van der Waals surface area contributed by atoms with E-state index in [2.05, 4.69) is 26.0 Å². The van der Waals surface area contributed by atoms with E-state index in [1.807, 2.05) is 26.0 Å². The fourth-order valence-electron chi connectivity index (χ4n) is 5.24. The Kier molecular flexibility index (Phi) is 17.0. The molecule has 222 valence electrons. The molecular formula is C36H56N2O2. The van der Waals surface area contributed by atoms with E-state index >= 15 is 0 Å². The second-order valence-electron chi connectivity index (χ2n) is 11.4. The van der Waals surface area contributed by atoms with Crippen molar-refractivity contribution in [3.63, 3.8) is 0 Å². The molecule has 0 saturated carbocycles. The molecule has 4 heteroatoms. The van der Waals surface area contributed by atoms with Crippen LogP contribution in [0.5, 0.6) is 11.5 Å². The second kappa shape index (κ2) is 20.3. The van der Waals surface area contributed by atoms with Crippen molar-refractivity contribution in [1.29, 1.82) is 0 Å². The molecular weight excluding hydrogens is 492 g/mol. The smallest absolute Gasteiger partial charge is 0.124 e. The van der Waals surface area contributed by atoms with Crippen molar-refractivity contribution >= 4 is 11.4 Å². The molecule has 0 aliphatic heterocycles. The van der Waals surface area contributed by atoms with Crippen LogP contribution in [-0.2, 0) is 12.8 Å². The Morgan fingerprint density at radius 3 is 1.25 bits per heavy atom. The van der Waals surface area contributed by atoms with Crippen molar-refractivity contribution in [2.75, 3.05) is 13.1 Å². The Morgan fingerprint density at radius 2 is 0.875 bits per heavy atom. The zero-order valence-corrected chi connectivity index (χ0v) is 26.0. The molecule has 0 saturated heterocycles. The number of hydrogen-bond donors (Lipinski definition) is 2. The van der Waals surface area contributed by atoms with Gasteiger partial charge in [-0.3, -0.25) is 9.98 Å². The number of aromatic hydroxyl groups is 2.